The zero-order valence-electron chi connectivity index (χ0n) is 18.3. The lowest BCUT2D eigenvalue weighted by molar-refractivity contribution is -0.149. The summed E-state index contributed by atoms with van der Waals surface area (Å²) in [5, 5.41) is 5.48. The average Bonchev–Trinajstić information content (AvgIpc) is 2.84. The van der Waals surface area contributed by atoms with Gasteiger partial charge in [0.1, 0.15) is 11.5 Å². The van der Waals surface area contributed by atoms with E-state index in [1.165, 1.54) is 0 Å². The number of rotatable bonds is 10. The number of hydrogen-bond donors (Lipinski definition) is 2. The highest BCUT2D eigenvalue weighted by molar-refractivity contribution is 5.92. The van der Waals surface area contributed by atoms with E-state index in [4.69, 9.17) is 9.47 Å². The van der Waals surface area contributed by atoms with Crippen molar-refractivity contribution in [3.63, 3.8) is 0 Å². The minimum Gasteiger partial charge on any atom is -0.457 e. The van der Waals surface area contributed by atoms with Gasteiger partial charge in [0.25, 0.3) is 5.91 Å². The van der Waals surface area contributed by atoms with Gasteiger partial charge in [-0.05, 0) is 48.9 Å². The van der Waals surface area contributed by atoms with Crippen LogP contribution < -0.4 is 15.4 Å². The van der Waals surface area contributed by atoms with Crippen molar-refractivity contribution in [3.8, 4) is 11.5 Å². The Morgan fingerprint density at radius 3 is 2.03 bits per heavy atom. The van der Waals surface area contributed by atoms with Gasteiger partial charge in [0.15, 0.2) is 6.61 Å². The molecule has 2 N–H and O–H groups in total. The van der Waals surface area contributed by atoms with Crippen molar-refractivity contribution in [1.82, 2.24) is 5.32 Å². The van der Waals surface area contributed by atoms with Gasteiger partial charge in [-0.3, -0.25) is 14.4 Å². The topological polar surface area (TPSA) is 93.7 Å². The Kier molecular flexibility index (Phi) is 8.59. The standard InChI is InChI=1S/C26H26N2O5/c1-19(20-8-4-2-5-9-20)27-25(30)18-32-26(31)17-16-24(29)28-21-12-14-23(15-13-21)33-22-10-6-3-7-11-22/h2-15,19H,16-18H2,1H3,(H,27,30)(H,28,29)/t19-/m0/s1. The number of esters is 1. The number of anilines is 1. The fraction of sp³-hybridized carbons (Fsp3) is 0.192. The highest BCUT2D eigenvalue weighted by Crippen LogP contribution is 2.22. The molecule has 170 valence electrons. The molecule has 3 aromatic carbocycles. The summed E-state index contributed by atoms with van der Waals surface area (Å²) in [6.45, 7) is 1.46. The van der Waals surface area contributed by atoms with E-state index >= 15 is 0 Å². The maximum absolute atomic E-state index is 12.1. The monoisotopic (exact) mass is 446 g/mol. The van der Waals surface area contributed by atoms with Crippen LogP contribution in [0.4, 0.5) is 5.69 Å². The molecule has 0 aromatic heterocycles. The molecule has 0 unspecified atom stereocenters. The van der Waals surface area contributed by atoms with Crippen molar-refractivity contribution in [3.05, 3.63) is 90.5 Å². The van der Waals surface area contributed by atoms with Crippen LogP contribution in [0.1, 0.15) is 31.4 Å². The van der Waals surface area contributed by atoms with E-state index < -0.39 is 11.9 Å². The number of amides is 2. The number of carbonyl (C=O) groups is 3. The Balaban J connectivity index is 1.34. The lowest BCUT2D eigenvalue weighted by atomic mass is 10.1. The zero-order chi connectivity index (χ0) is 23.5. The molecule has 0 radical (unpaired) electrons. The van der Waals surface area contributed by atoms with Crippen molar-refractivity contribution in [2.45, 2.75) is 25.8 Å². The lowest BCUT2D eigenvalue weighted by Gasteiger charge is -2.14. The summed E-state index contributed by atoms with van der Waals surface area (Å²) in [5.41, 5.74) is 1.54. The van der Waals surface area contributed by atoms with E-state index in [2.05, 4.69) is 10.6 Å². The van der Waals surface area contributed by atoms with Gasteiger partial charge in [-0.25, -0.2) is 0 Å². The first-order valence-corrected chi connectivity index (χ1v) is 10.6. The van der Waals surface area contributed by atoms with Crippen LogP contribution >= 0.6 is 0 Å². The van der Waals surface area contributed by atoms with Crippen LogP contribution in [-0.4, -0.2) is 24.4 Å². The highest BCUT2D eigenvalue weighted by Gasteiger charge is 2.13. The van der Waals surface area contributed by atoms with Crippen molar-refractivity contribution >= 4 is 23.5 Å². The molecule has 0 heterocycles. The molecule has 0 fully saturated rings. The van der Waals surface area contributed by atoms with Gasteiger partial charge < -0.3 is 20.1 Å². The molecular formula is C26H26N2O5. The van der Waals surface area contributed by atoms with E-state index in [1.54, 1.807) is 24.3 Å². The SMILES string of the molecule is C[C@H](NC(=O)COC(=O)CCC(=O)Nc1ccc(Oc2ccccc2)cc1)c1ccccc1. The second-order valence-electron chi connectivity index (χ2n) is 7.35. The van der Waals surface area contributed by atoms with Crippen molar-refractivity contribution in [2.75, 3.05) is 11.9 Å². The van der Waals surface area contributed by atoms with Gasteiger partial charge in [-0.2, -0.15) is 0 Å². The van der Waals surface area contributed by atoms with Crippen molar-refractivity contribution < 1.29 is 23.9 Å². The molecule has 33 heavy (non-hydrogen) atoms. The van der Waals surface area contributed by atoms with Crippen LogP contribution in [0, 0.1) is 0 Å². The van der Waals surface area contributed by atoms with Gasteiger partial charge in [0.2, 0.25) is 5.91 Å². The third-order valence-electron chi connectivity index (χ3n) is 4.71. The molecule has 3 aromatic rings. The van der Waals surface area contributed by atoms with E-state index in [9.17, 15) is 14.4 Å². The van der Waals surface area contributed by atoms with Crippen LogP contribution in [-0.2, 0) is 19.1 Å². The molecule has 3 rings (SSSR count). The summed E-state index contributed by atoms with van der Waals surface area (Å²) in [7, 11) is 0. The predicted octanol–water partition coefficient (Wildman–Crippen LogP) is 4.62. The maximum Gasteiger partial charge on any atom is 0.306 e. The molecule has 2 amide bonds. The molecule has 0 saturated carbocycles. The van der Waals surface area contributed by atoms with Crippen LogP contribution in [0.25, 0.3) is 0 Å². The summed E-state index contributed by atoms with van der Waals surface area (Å²) in [4.78, 5) is 36.0. The summed E-state index contributed by atoms with van der Waals surface area (Å²) in [5.74, 6) is 0.0192. The van der Waals surface area contributed by atoms with Gasteiger partial charge in [-0.1, -0.05) is 48.5 Å². The van der Waals surface area contributed by atoms with Gasteiger partial charge in [0, 0.05) is 12.1 Å². The molecule has 7 heteroatoms. The van der Waals surface area contributed by atoms with Crippen LogP contribution in [0.3, 0.4) is 0 Å². The largest absolute Gasteiger partial charge is 0.457 e. The predicted molar refractivity (Wildman–Crippen MR) is 125 cm³/mol. The molecule has 0 aliphatic rings. The maximum atomic E-state index is 12.1. The smallest absolute Gasteiger partial charge is 0.306 e. The Morgan fingerprint density at radius 2 is 1.36 bits per heavy atom. The third-order valence-corrected chi connectivity index (χ3v) is 4.71. The molecule has 0 aliphatic heterocycles. The Labute approximate surface area is 192 Å². The second-order valence-corrected chi connectivity index (χ2v) is 7.35. The molecule has 0 aliphatic carbocycles. The van der Waals surface area contributed by atoms with Gasteiger partial charge in [-0.15, -0.1) is 0 Å². The molecular weight excluding hydrogens is 420 g/mol. The third kappa shape index (κ3) is 8.14. The van der Waals surface area contributed by atoms with Gasteiger partial charge in [0.05, 0.1) is 12.5 Å². The lowest BCUT2D eigenvalue weighted by Crippen LogP contribution is -2.31. The fourth-order valence-electron chi connectivity index (χ4n) is 3.00. The van der Waals surface area contributed by atoms with Gasteiger partial charge >= 0.3 is 5.97 Å². The first-order chi connectivity index (χ1) is 16.0. The summed E-state index contributed by atoms with van der Waals surface area (Å²) < 4.78 is 10.7. The number of carbonyl (C=O) groups excluding carboxylic acids is 3. The minimum absolute atomic E-state index is 0.0524. The van der Waals surface area contributed by atoms with E-state index in [1.807, 2.05) is 67.6 Å². The van der Waals surface area contributed by atoms with E-state index in [0.717, 1.165) is 11.3 Å². The summed E-state index contributed by atoms with van der Waals surface area (Å²) in [6.07, 6.45) is -0.175. The number of para-hydroxylation sites is 1. The molecule has 0 saturated heterocycles. The average molecular weight is 447 g/mol. The van der Waals surface area contributed by atoms with Crippen LogP contribution in [0.5, 0.6) is 11.5 Å². The van der Waals surface area contributed by atoms with Crippen LogP contribution in [0.15, 0.2) is 84.9 Å². The second kappa shape index (κ2) is 12.0. The zero-order valence-corrected chi connectivity index (χ0v) is 18.3. The molecule has 7 nitrogen and oxygen atoms in total. The summed E-state index contributed by atoms with van der Waals surface area (Å²) in [6, 6.07) is 25.5. The van der Waals surface area contributed by atoms with Crippen LogP contribution in [0.2, 0.25) is 0 Å². The van der Waals surface area contributed by atoms with E-state index in [0.29, 0.717) is 11.4 Å². The van der Waals surface area contributed by atoms with E-state index in [-0.39, 0.29) is 31.4 Å². The number of benzene rings is 3. The first-order valence-electron chi connectivity index (χ1n) is 10.6. The number of hydrogen-bond acceptors (Lipinski definition) is 5. The normalized spacial score (nSPS) is 11.2. The molecule has 0 spiro atoms. The van der Waals surface area contributed by atoms with Crippen molar-refractivity contribution in [2.24, 2.45) is 0 Å². The Morgan fingerprint density at radius 1 is 0.758 bits per heavy atom. The number of nitrogens with one attached hydrogen (secondary N) is 2. The van der Waals surface area contributed by atoms with Crippen molar-refractivity contribution in [1.29, 1.82) is 0 Å². The minimum atomic E-state index is -0.612. The molecule has 0 bridgehead atoms. The number of ether oxygens (including phenoxy) is 2. The first kappa shape index (κ1) is 23.5. The fourth-order valence-corrected chi connectivity index (χ4v) is 3.00. The highest BCUT2D eigenvalue weighted by atomic mass is 16.5. The quantitative estimate of drug-likeness (QED) is 0.443. The Hall–Kier alpha value is -4.13. The Bertz CT molecular complexity index is 1050. The molecule has 1 atom stereocenters. The summed E-state index contributed by atoms with van der Waals surface area (Å²) >= 11 is 0.